The highest BCUT2D eigenvalue weighted by atomic mass is 16.6. The number of nitrogens with one attached hydrogen (secondary N) is 1. The van der Waals surface area contributed by atoms with Crippen molar-refractivity contribution in [2.75, 3.05) is 0 Å². The maximum atomic E-state index is 12.3. The molecule has 0 aliphatic carbocycles. The van der Waals surface area contributed by atoms with Crippen LogP contribution >= 0.6 is 0 Å². The Kier molecular flexibility index (Phi) is 4.56. The lowest BCUT2D eigenvalue weighted by atomic mass is 10.1. The second kappa shape index (κ2) is 5.54. The van der Waals surface area contributed by atoms with Gasteiger partial charge in [0.1, 0.15) is 11.2 Å². The van der Waals surface area contributed by atoms with Gasteiger partial charge in [0, 0.05) is 11.4 Å². The Balaban J connectivity index is 3.22. The van der Waals surface area contributed by atoms with Gasteiger partial charge in [-0.05, 0) is 55.4 Å². The Morgan fingerprint density at radius 2 is 1.05 bits per heavy atom. The molecule has 0 bridgehead atoms. The molecule has 118 valence electrons. The van der Waals surface area contributed by atoms with Crippen LogP contribution < -0.4 is 0 Å². The molecule has 0 atom stereocenters. The number of hydrogen-bond acceptors (Lipinski definition) is 4. The molecule has 0 aliphatic heterocycles. The second-order valence-corrected chi connectivity index (χ2v) is 7.13. The quantitative estimate of drug-likeness (QED) is 0.847. The van der Waals surface area contributed by atoms with Gasteiger partial charge in [0.2, 0.25) is 0 Å². The number of esters is 2. The topological polar surface area (TPSA) is 68.4 Å². The molecule has 0 saturated heterocycles. The molecule has 0 radical (unpaired) electrons. The maximum absolute atomic E-state index is 12.3. The van der Waals surface area contributed by atoms with Gasteiger partial charge in [0.15, 0.2) is 0 Å². The highest BCUT2D eigenvalue weighted by Crippen LogP contribution is 2.24. The fourth-order valence-electron chi connectivity index (χ4n) is 1.95. The highest BCUT2D eigenvalue weighted by Gasteiger charge is 2.30. The lowest BCUT2D eigenvalue weighted by Crippen LogP contribution is -2.27. The van der Waals surface area contributed by atoms with Gasteiger partial charge in [-0.3, -0.25) is 0 Å². The van der Waals surface area contributed by atoms with E-state index in [0.29, 0.717) is 11.4 Å². The summed E-state index contributed by atoms with van der Waals surface area (Å²) < 4.78 is 10.7. The van der Waals surface area contributed by atoms with E-state index in [9.17, 15) is 9.59 Å². The van der Waals surface area contributed by atoms with Crippen LogP contribution in [0.15, 0.2) is 0 Å². The Bertz CT molecular complexity index is 508. The summed E-state index contributed by atoms with van der Waals surface area (Å²) in [5.74, 6) is -1.05. The molecular weight excluding hydrogens is 270 g/mol. The number of carbonyl (C=O) groups excluding carboxylic acids is 2. The van der Waals surface area contributed by atoms with Crippen LogP contribution in [0.4, 0.5) is 0 Å². The standard InChI is InChI=1S/C16H25NO4/c1-9-11(13(18)20-15(3,4)5)12(10(2)17-9)14(19)21-16(6,7)8/h17H,1-8H3. The minimum Gasteiger partial charge on any atom is -0.456 e. The van der Waals surface area contributed by atoms with Crippen molar-refractivity contribution < 1.29 is 19.1 Å². The number of H-pyrrole nitrogens is 1. The van der Waals surface area contributed by atoms with Crippen LogP contribution in [0.5, 0.6) is 0 Å². The van der Waals surface area contributed by atoms with Gasteiger partial charge in [-0.2, -0.15) is 0 Å². The zero-order chi connectivity index (χ0) is 16.6. The minimum absolute atomic E-state index is 0.247. The minimum atomic E-state index is -0.625. The Morgan fingerprint density at radius 3 is 1.29 bits per heavy atom. The van der Waals surface area contributed by atoms with Gasteiger partial charge in [0.25, 0.3) is 0 Å². The third kappa shape index (κ3) is 4.62. The summed E-state index contributed by atoms with van der Waals surface area (Å²) in [6, 6.07) is 0. The van der Waals surface area contributed by atoms with Crippen molar-refractivity contribution in [3.8, 4) is 0 Å². The molecular formula is C16H25NO4. The van der Waals surface area contributed by atoms with E-state index in [1.54, 1.807) is 55.4 Å². The molecule has 0 amide bonds. The largest absolute Gasteiger partial charge is 0.456 e. The molecule has 0 aromatic carbocycles. The summed E-state index contributed by atoms with van der Waals surface area (Å²) in [6.45, 7) is 14.2. The zero-order valence-corrected chi connectivity index (χ0v) is 14.1. The van der Waals surface area contributed by atoms with Crippen LogP contribution in [0.2, 0.25) is 0 Å². The summed E-state index contributed by atoms with van der Waals surface area (Å²) in [6.07, 6.45) is 0. The van der Waals surface area contributed by atoms with Crippen molar-refractivity contribution in [3.05, 3.63) is 22.5 Å². The van der Waals surface area contributed by atoms with Crippen molar-refractivity contribution in [3.63, 3.8) is 0 Å². The number of aromatic amines is 1. The summed E-state index contributed by atoms with van der Waals surface area (Å²) in [5, 5.41) is 0. The second-order valence-electron chi connectivity index (χ2n) is 7.13. The van der Waals surface area contributed by atoms with Gasteiger partial charge in [-0.1, -0.05) is 0 Å². The van der Waals surface area contributed by atoms with E-state index in [4.69, 9.17) is 9.47 Å². The van der Waals surface area contributed by atoms with E-state index in [-0.39, 0.29) is 11.1 Å². The molecule has 5 nitrogen and oxygen atoms in total. The third-order valence-electron chi connectivity index (χ3n) is 2.58. The van der Waals surface area contributed by atoms with Crippen LogP contribution in [0.1, 0.15) is 73.6 Å². The van der Waals surface area contributed by atoms with E-state index < -0.39 is 23.1 Å². The number of carbonyl (C=O) groups is 2. The molecule has 0 fully saturated rings. The lowest BCUT2D eigenvalue weighted by Gasteiger charge is -2.21. The first-order chi connectivity index (χ1) is 9.32. The zero-order valence-electron chi connectivity index (χ0n) is 14.1. The van der Waals surface area contributed by atoms with E-state index >= 15 is 0 Å². The molecule has 1 heterocycles. The van der Waals surface area contributed by atoms with E-state index in [0.717, 1.165) is 0 Å². The van der Waals surface area contributed by atoms with Crippen molar-refractivity contribution in [2.45, 2.75) is 66.6 Å². The molecule has 0 aliphatic rings. The predicted molar refractivity (Wildman–Crippen MR) is 80.6 cm³/mol. The van der Waals surface area contributed by atoms with E-state index in [1.165, 1.54) is 0 Å². The van der Waals surface area contributed by atoms with Crippen LogP contribution in [-0.4, -0.2) is 28.1 Å². The fourth-order valence-corrected chi connectivity index (χ4v) is 1.95. The summed E-state index contributed by atoms with van der Waals surface area (Å²) in [7, 11) is 0. The molecule has 1 rings (SSSR count). The van der Waals surface area contributed by atoms with Gasteiger partial charge < -0.3 is 14.5 Å². The first-order valence-electron chi connectivity index (χ1n) is 6.97. The smallest absolute Gasteiger partial charge is 0.341 e. The average molecular weight is 295 g/mol. The van der Waals surface area contributed by atoms with Crippen LogP contribution in [-0.2, 0) is 9.47 Å². The number of aromatic nitrogens is 1. The van der Waals surface area contributed by atoms with Gasteiger partial charge >= 0.3 is 11.9 Å². The third-order valence-corrected chi connectivity index (χ3v) is 2.58. The van der Waals surface area contributed by atoms with Crippen LogP contribution in [0.25, 0.3) is 0 Å². The number of rotatable bonds is 2. The molecule has 1 N–H and O–H groups in total. The molecule has 5 heteroatoms. The molecule has 1 aromatic rings. The van der Waals surface area contributed by atoms with Gasteiger partial charge in [0.05, 0.1) is 11.1 Å². The van der Waals surface area contributed by atoms with E-state index in [2.05, 4.69) is 4.98 Å². The van der Waals surface area contributed by atoms with Crippen LogP contribution in [0, 0.1) is 13.8 Å². The molecule has 1 aromatic heterocycles. The van der Waals surface area contributed by atoms with Crippen molar-refractivity contribution in [1.29, 1.82) is 0 Å². The SMILES string of the molecule is Cc1[nH]c(C)c(C(=O)OC(C)(C)C)c1C(=O)OC(C)(C)C. The summed E-state index contributed by atoms with van der Waals surface area (Å²) in [5.41, 5.74) is 0.443. The molecule has 0 unspecified atom stereocenters. The number of hydrogen-bond donors (Lipinski definition) is 1. The predicted octanol–water partition coefficient (Wildman–Crippen LogP) is 3.54. The monoisotopic (exact) mass is 295 g/mol. The number of aryl methyl sites for hydroxylation is 2. The first kappa shape index (κ1) is 17.3. The highest BCUT2D eigenvalue weighted by molar-refractivity contribution is 6.05. The normalized spacial score (nSPS) is 12.2. The Labute approximate surface area is 126 Å². The lowest BCUT2D eigenvalue weighted by molar-refractivity contribution is 0.00188. The number of ether oxygens (including phenoxy) is 2. The van der Waals surface area contributed by atoms with Gasteiger partial charge in [-0.15, -0.1) is 0 Å². The molecule has 21 heavy (non-hydrogen) atoms. The van der Waals surface area contributed by atoms with Gasteiger partial charge in [-0.25, -0.2) is 9.59 Å². The fraction of sp³-hybridized carbons (Fsp3) is 0.625. The average Bonchev–Trinajstić information content (AvgIpc) is 2.47. The Morgan fingerprint density at radius 1 is 0.762 bits per heavy atom. The van der Waals surface area contributed by atoms with Crippen molar-refractivity contribution in [2.24, 2.45) is 0 Å². The summed E-state index contributed by atoms with van der Waals surface area (Å²) in [4.78, 5) is 27.7. The summed E-state index contributed by atoms with van der Waals surface area (Å²) >= 11 is 0. The van der Waals surface area contributed by atoms with Crippen molar-refractivity contribution >= 4 is 11.9 Å². The van der Waals surface area contributed by atoms with E-state index in [1.807, 2.05) is 0 Å². The Hall–Kier alpha value is -1.78. The molecule has 0 saturated carbocycles. The van der Waals surface area contributed by atoms with Crippen molar-refractivity contribution in [1.82, 2.24) is 4.98 Å². The van der Waals surface area contributed by atoms with Crippen LogP contribution in [0.3, 0.4) is 0 Å². The first-order valence-corrected chi connectivity index (χ1v) is 6.97. The maximum Gasteiger partial charge on any atom is 0.341 e. The molecule has 0 spiro atoms.